The van der Waals surface area contributed by atoms with E-state index in [9.17, 15) is 14.4 Å². The topological polar surface area (TPSA) is 120 Å². The number of urea groups is 1. The number of hydrogen-bond acceptors (Lipinski definition) is 5. The maximum atomic E-state index is 13.5. The Balaban J connectivity index is 2.19. The van der Waals surface area contributed by atoms with Gasteiger partial charge in [-0.1, -0.05) is 58.1 Å². The molecule has 1 aromatic carbocycles. The highest BCUT2D eigenvalue weighted by Crippen LogP contribution is 2.31. The van der Waals surface area contributed by atoms with Gasteiger partial charge in [0.25, 0.3) is 5.91 Å². The van der Waals surface area contributed by atoms with E-state index in [4.69, 9.17) is 21.5 Å². The van der Waals surface area contributed by atoms with Crippen LogP contribution in [-0.4, -0.2) is 54.2 Å². The molecule has 1 fully saturated rings. The van der Waals surface area contributed by atoms with Crippen molar-refractivity contribution in [3.05, 3.63) is 22.7 Å². The number of aryl methyl sites for hydroxylation is 1. The van der Waals surface area contributed by atoms with Crippen LogP contribution in [0, 0.1) is 18.3 Å². The third kappa shape index (κ3) is 7.77. The van der Waals surface area contributed by atoms with Gasteiger partial charge in [-0.2, -0.15) is 0 Å². The third-order valence-corrected chi connectivity index (χ3v) is 6.58. The lowest BCUT2D eigenvalue weighted by molar-refractivity contribution is -0.142. The van der Waals surface area contributed by atoms with Crippen molar-refractivity contribution >= 4 is 35.1 Å². The van der Waals surface area contributed by atoms with Gasteiger partial charge < -0.3 is 20.3 Å². The first-order valence-electron chi connectivity index (χ1n) is 11.6. The second-order valence-corrected chi connectivity index (χ2v) is 10.3. The number of nitrogens with zero attached hydrogens (tertiary/aromatic N) is 1. The lowest BCUT2D eigenvalue weighted by Crippen LogP contribution is -2.57. The van der Waals surface area contributed by atoms with Crippen LogP contribution >= 0.6 is 11.6 Å². The molecule has 34 heavy (non-hydrogen) atoms. The number of anilines is 1. The van der Waals surface area contributed by atoms with Crippen molar-refractivity contribution in [1.82, 2.24) is 15.7 Å². The van der Waals surface area contributed by atoms with E-state index >= 15 is 0 Å². The Morgan fingerprint density at radius 3 is 2.44 bits per heavy atom. The number of ether oxygens (including phenoxy) is 1. The zero-order chi connectivity index (χ0) is 25.5. The minimum absolute atomic E-state index is 0.290. The summed E-state index contributed by atoms with van der Waals surface area (Å²) in [6, 6.07) is 1.79. The smallest absolute Gasteiger partial charge is 0.320 e. The Morgan fingerprint density at radius 2 is 1.88 bits per heavy atom. The molecule has 0 aromatic heterocycles. The number of benzene rings is 1. The number of hydrogen-bond donors (Lipinski definition) is 4. The molecule has 0 bridgehead atoms. The van der Waals surface area contributed by atoms with Gasteiger partial charge in [0, 0.05) is 17.6 Å². The van der Waals surface area contributed by atoms with E-state index in [1.807, 2.05) is 20.8 Å². The molecule has 0 aliphatic heterocycles. The highest BCUT2D eigenvalue weighted by Gasteiger charge is 2.36. The number of nitrogens with one attached hydrogen (secondary N) is 3. The van der Waals surface area contributed by atoms with Crippen LogP contribution in [0.5, 0.6) is 5.75 Å². The molecule has 1 aromatic rings. The number of methoxy groups -OCH3 is 1. The molecule has 4 N–H and O–H groups in total. The molecule has 2 rings (SSSR count). The summed E-state index contributed by atoms with van der Waals surface area (Å²) in [5.74, 6) is -0.165. The second kappa shape index (κ2) is 12.3. The van der Waals surface area contributed by atoms with Crippen molar-refractivity contribution in [2.24, 2.45) is 11.3 Å². The Hall–Kier alpha value is -2.52. The standard InChI is InChI=1S/C24H37ClN4O5/c1-15-12-18(19(34-5)13-17(15)25)26-23(32)27-21(24(2,3)4)22(31)29(14-20(30)28-33)11-10-16-8-6-7-9-16/h12-13,16,21,33H,6-11,14H2,1-5H3,(H,28,30)(H2,26,27,32). The molecule has 1 unspecified atom stereocenters. The third-order valence-electron chi connectivity index (χ3n) is 6.17. The van der Waals surface area contributed by atoms with Crippen LogP contribution in [0.2, 0.25) is 5.02 Å². The summed E-state index contributed by atoms with van der Waals surface area (Å²) >= 11 is 6.14. The SMILES string of the molecule is COc1cc(Cl)c(C)cc1NC(=O)NC(C(=O)N(CCC1CCCC1)CC(=O)NO)C(C)(C)C. The first kappa shape index (κ1) is 27.7. The van der Waals surface area contributed by atoms with E-state index in [1.165, 1.54) is 24.9 Å². The molecular weight excluding hydrogens is 460 g/mol. The number of carbonyl (C=O) groups excluding carboxylic acids is 3. The van der Waals surface area contributed by atoms with E-state index in [0.29, 0.717) is 28.9 Å². The monoisotopic (exact) mass is 496 g/mol. The normalized spacial score (nSPS) is 14.9. The number of amides is 4. The fourth-order valence-corrected chi connectivity index (χ4v) is 4.32. The van der Waals surface area contributed by atoms with Gasteiger partial charge in [-0.05, 0) is 36.3 Å². The van der Waals surface area contributed by atoms with E-state index < -0.39 is 23.4 Å². The van der Waals surface area contributed by atoms with Crippen molar-refractivity contribution in [2.75, 3.05) is 25.5 Å². The second-order valence-electron chi connectivity index (χ2n) is 9.93. The van der Waals surface area contributed by atoms with Crippen LogP contribution < -0.4 is 20.9 Å². The fourth-order valence-electron chi connectivity index (χ4n) is 4.16. The van der Waals surface area contributed by atoms with Gasteiger partial charge in [0.05, 0.1) is 12.8 Å². The molecule has 4 amide bonds. The van der Waals surface area contributed by atoms with Gasteiger partial charge in [-0.3, -0.25) is 14.8 Å². The van der Waals surface area contributed by atoms with Crippen molar-refractivity contribution in [1.29, 1.82) is 0 Å². The van der Waals surface area contributed by atoms with Gasteiger partial charge in [0.1, 0.15) is 18.3 Å². The molecular formula is C24H37ClN4O5. The fraction of sp³-hybridized carbons (Fsp3) is 0.625. The number of hydroxylamine groups is 1. The minimum Gasteiger partial charge on any atom is -0.495 e. The summed E-state index contributed by atoms with van der Waals surface area (Å²) in [6.07, 6.45) is 5.35. The average molecular weight is 497 g/mol. The molecule has 1 aliphatic rings. The molecule has 1 aliphatic carbocycles. The van der Waals surface area contributed by atoms with E-state index in [1.54, 1.807) is 24.5 Å². The van der Waals surface area contributed by atoms with Crippen molar-refractivity contribution < 1.29 is 24.3 Å². The number of rotatable bonds is 9. The van der Waals surface area contributed by atoms with Crippen LogP contribution in [0.25, 0.3) is 0 Å². The minimum atomic E-state index is -0.915. The van der Waals surface area contributed by atoms with Gasteiger partial charge in [-0.25, -0.2) is 10.3 Å². The molecule has 9 nitrogen and oxygen atoms in total. The summed E-state index contributed by atoms with van der Waals surface area (Å²) in [7, 11) is 1.47. The molecule has 0 saturated heterocycles. The first-order chi connectivity index (χ1) is 16.0. The quantitative estimate of drug-likeness (QED) is 0.303. The Kier molecular flexibility index (Phi) is 10.00. The van der Waals surface area contributed by atoms with Crippen LogP contribution in [-0.2, 0) is 9.59 Å². The van der Waals surface area contributed by atoms with Crippen LogP contribution in [0.4, 0.5) is 10.5 Å². The van der Waals surface area contributed by atoms with Gasteiger partial charge in [0.2, 0.25) is 5.91 Å². The summed E-state index contributed by atoms with van der Waals surface area (Å²) in [5.41, 5.74) is 2.13. The highest BCUT2D eigenvalue weighted by atomic mass is 35.5. The molecule has 0 radical (unpaired) electrons. The Morgan fingerprint density at radius 1 is 1.24 bits per heavy atom. The van der Waals surface area contributed by atoms with E-state index in [0.717, 1.165) is 24.8 Å². The van der Waals surface area contributed by atoms with Crippen LogP contribution in [0.1, 0.15) is 58.4 Å². The molecule has 1 atom stereocenters. The molecule has 0 spiro atoms. The summed E-state index contributed by atoms with van der Waals surface area (Å²) in [4.78, 5) is 39.8. The van der Waals surface area contributed by atoms with Crippen LogP contribution in [0.15, 0.2) is 12.1 Å². The van der Waals surface area contributed by atoms with Crippen LogP contribution in [0.3, 0.4) is 0 Å². The predicted octanol–water partition coefficient (Wildman–Crippen LogP) is 4.11. The summed E-state index contributed by atoms with van der Waals surface area (Å²) < 4.78 is 5.31. The lowest BCUT2D eigenvalue weighted by atomic mass is 9.85. The maximum Gasteiger partial charge on any atom is 0.320 e. The van der Waals surface area contributed by atoms with E-state index in [-0.39, 0.29) is 12.5 Å². The maximum absolute atomic E-state index is 13.5. The van der Waals surface area contributed by atoms with Gasteiger partial charge >= 0.3 is 6.03 Å². The largest absolute Gasteiger partial charge is 0.495 e. The highest BCUT2D eigenvalue weighted by molar-refractivity contribution is 6.31. The number of halogens is 1. The van der Waals surface area contributed by atoms with E-state index in [2.05, 4.69) is 10.6 Å². The van der Waals surface area contributed by atoms with Crippen molar-refractivity contribution in [2.45, 2.75) is 65.8 Å². The lowest BCUT2D eigenvalue weighted by Gasteiger charge is -2.35. The summed E-state index contributed by atoms with van der Waals surface area (Å²) in [6.45, 7) is 7.40. The molecule has 1 saturated carbocycles. The van der Waals surface area contributed by atoms with Crippen molar-refractivity contribution in [3.8, 4) is 5.75 Å². The van der Waals surface area contributed by atoms with Gasteiger partial charge in [-0.15, -0.1) is 0 Å². The Bertz CT molecular complexity index is 881. The predicted molar refractivity (Wildman–Crippen MR) is 131 cm³/mol. The zero-order valence-electron chi connectivity index (χ0n) is 20.7. The average Bonchev–Trinajstić information content (AvgIpc) is 3.29. The number of carbonyl (C=O) groups is 3. The van der Waals surface area contributed by atoms with Gasteiger partial charge in [0.15, 0.2) is 0 Å². The summed E-state index contributed by atoms with van der Waals surface area (Å²) in [5, 5.41) is 15.0. The molecule has 0 heterocycles. The first-order valence-corrected chi connectivity index (χ1v) is 12.0. The Labute approximate surface area is 206 Å². The molecule has 10 heteroatoms. The van der Waals surface area contributed by atoms with Crippen molar-refractivity contribution in [3.63, 3.8) is 0 Å². The zero-order valence-corrected chi connectivity index (χ0v) is 21.4. The molecule has 190 valence electrons.